The van der Waals surface area contributed by atoms with Crippen molar-refractivity contribution in [1.82, 2.24) is 9.80 Å². The van der Waals surface area contributed by atoms with Gasteiger partial charge in [0.2, 0.25) is 0 Å². The number of amides is 2. The van der Waals surface area contributed by atoms with Crippen molar-refractivity contribution in [2.45, 2.75) is 39.2 Å². The molecule has 0 N–H and O–H groups in total. The lowest BCUT2D eigenvalue weighted by atomic mass is 10.0. The third-order valence-corrected chi connectivity index (χ3v) is 4.93. The summed E-state index contributed by atoms with van der Waals surface area (Å²) < 4.78 is 5.54. The summed E-state index contributed by atoms with van der Waals surface area (Å²) in [5.41, 5.74) is 1.79. The molecule has 0 spiro atoms. The molecule has 6 heteroatoms. The van der Waals surface area contributed by atoms with Crippen molar-refractivity contribution in [3.05, 3.63) is 40.5 Å². The quantitative estimate of drug-likeness (QED) is 0.541. The van der Waals surface area contributed by atoms with E-state index in [9.17, 15) is 9.59 Å². The van der Waals surface area contributed by atoms with E-state index in [2.05, 4.69) is 4.90 Å². The molecule has 1 aromatic rings. The third kappa shape index (κ3) is 3.94. The highest BCUT2D eigenvalue weighted by molar-refractivity contribution is 6.36. The van der Waals surface area contributed by atoms with E-state index in [1.54, 1.807) is 12.1 Å². The van der Waals surface area contributed by atoms with E-state index in [1.165, 1.54) is 4.90 Å². The number of carbonyl (C=O) groups is 2. The fraction of sp³-hybridized carbons (Fsp3) is 0.500. The maximum atomic E-state index is 13.0. The van der Waals surface area contributed by atoms with Crippen LogP contribution in [0.3, 0.4) is 0 Å². The summed E-state index contributed by atoms with van der Waals surface area (Å²) in [6.07, 6.45) is 2.86. The van der Waals surface area contributed by atoms with E-state index in [0.29, 0.717) is 35.9 Å². The summed E-state index contributed by atoms with van der Waals surface area (Å²) in [5, 5.41) is 0.608. The first kappa shape index (κ1) is 18.9. The minimum Gasteiger partial charge on any atom is -0.379 e. The molecule has 2 aliphatic heterocycles. The summed E-state index contributed by atoms with van der Waals surface area (Å²) in [6.45, 7) is 6.48. The Morgan fingerprint density at radius 2 is 1.73 bits per heavy atom. The summed E-state index contributed by atoms with van der Waals surface area (Å²) in [5.74, 6) is -0.407. The average Bonchev–Trinajstić information content (AvgIpc) is 3.20. The van der Waals surface area contributed by atoms with Gasteiger partial charge in [-0.05, 0) is 50.8 Å². The Morgan fingerprint density at radius 1 is 1.08 bits per heavy atom. The second kappa shape index (κ2) is 8.23. The molecular weight excluding hydrogens is 352 g/mol. The van der Waals surface area contributed by atoms with Gasteiger partial charge in [-0.2, -0.15) is 0 Å². The van der Waals surface area contributed by atoms with Crippen LogP contribution in [0.5, 0.6) is 0 Å². The molecule has 26 heavy (non-hydrogen) atoms. The zero-order valence-electron chi connectivity index (χ0n) is 15.3. The van der Waals surface area contributed by atoms with Crippen molar-refractivity contribution in [3.63, 3.8) is 0 Å². The van der Waals surface area contributed by atoms with Crippen molar-refractivity contribution in [2.75, 3.05) is 26.2 Å². The second-order valence-corrected chi connectivity index (χ2v) is 7.40. The van der Waals surface area contributed by atoms with Crippen LogP contribution in [0.25, 0.3) is 5.57 Å². The molecule has 1 aromatic carbocycles. The number of ether oxygens (including phenoxy) is 1. The van der Waals surface area contributed by atoms with Gasteiger partial charge in [0.05, 0.1) is 11.7 Å². The van der Waals surface area contributed by atoms with Gasteiger partial charge in [0.15, 0.2) is 0 Å². The van der Waals surface area contributed by atoms with E-state index < -0.39 is 0 Å². The third-order valence-electron chi connectivity index (χ3n) is 4.68. The first-order chi connectivity index (χ1) is 12.5. The van der Waals surface area contributed by atoms with Gasteiger partial charge in [-0.15, -0.1) is 0 Å². The van der Waals surface area contributed by atoms with Gasteiger partial charge in [0.1, 0.15) is 5.70 Å². The lowest BCUT2D eigenvalue weighted by Gasteiger charge is -2.20. The number of rotatable bonds is 7. The molecule has 2 amide bonds. The first-order valence-corrected chi connectivity index (χ1v) is 9.60. The largest absolute Gasteiger partial charge is 0.379 e. The SMILES string of the molecule is CC(C)OCCCN1C(=O)C(c2ccc(Cl)cc2)=C(N2CCCC2)C1=O. The number of imide groups is 1. The molecule has 0 unspecified atom stereocenters. The second-order valence-electron chi connectivity index (χ2n) is 6.96. The monoisotopic (exact) mass is 376 g/mol. The Labute approximate surface area is 159 Å². The van der Waals surface area contributed by atoms with Gasteiger partial charge in [-0.3, -0.25) is 14.5 Å². The molecule has 0 radical (unpaired) electrons. The molecule has 3 rings (SSSR count). The van der Waals surface area contributed by atoms with Crippen LogP contribution in [0.15, 0.2) is 30.0 Å². The van der Waals surface area contributed by atoms with Crippen LogP contribution in [0, 0.1) is 0 Å². The normalized spacial score (nSPS) is 18.0. The van der Waals surface area contributed by atoms with Gasteiger partial charge in [-0.25, -0.2) is 0 Å². The zero-order valence-corrected chi connectivity index (χ0v) is 16.1. The van der Waals surface area contributed by atoms with Gasteiger partial charge in [0, 0.05) is 31.3 Å². The Bertz CT molecular complexity index is 706. The number of halogens is 1. The van der Waals surface area contributed by atoms with Gasteiger partial charge in [-0.1, -0.05) is 23.7 Å². The Hall–Kier alpha value is -1.85. The standard InChI is InChI=1S/C20H25ClN2O3/c1-14(2)26-13-5-12-23-19(24)17(15-6-8-16(21)9-7-15)18(20(23)25)22-10-3-4-11-22/h6-9,14H,3-5,10-13H2,1-2H3. The van der Waals surface area contributed by atoms with Crippen molar-refractivity contribution >= 4 is 29.0 Å². The Balaban J connectivity index is 1.85. The molecule has 2 heterocycles. The lowest BCUT2D eigenvalue weighted by Crippen LogP contribution is -2.35. The molecule has 1 fully saturated rings. The van der Waals surface area contributed by atoms with E-state index in [1.807, 2.05) is 26.0 Å². The van der Waals surface area contributed by atoms with E-state index in [0.717, 1.165) is 31.5 Å². The van der Waals surface area contributed by atoms with Crippen molar-refractivity contribution in [1.29, 1.82) is 0 Å². The van der Waals surface area contributed by atoms with E-state index >= 15 is 0 Å². The Morgan fingerprint density at radius 3 is 2.35 bits per heavy atom. The van der Waals surface area contributed by atoms with Crippen LogP contribution in [0.4, 0.5) is 0 Å². The molecule has 0 atom stereocenters. The van der Waals surface area contributed by atoms with Crippen LogP contribution in [-0.2, 0) is 14.3 Å². The lowest BCUT2D eigenvalue weighted by molar-refractivity contribution is -0.137. The Kier molecular flexibility index (Phi) is 5.99. The predicted octanol–water partition coefficient (Wildman–Crippen LogP) is 3.33. The molecule has 5 nitrogen and oxygen atoms in total. The molecule has 140 valence electrons. The summed E-state index contributed by atoms with van der Waals surface area (Å²) in [4.78, 5) is 29.5. The fourth-order valence-electron chi connectivity index (χ4n) is 3.42. The van der Waals surface area contributed by atoms with Crippen LogP contribution in [0.2, 0.25) is 5.02 Å². The number of benzene rings is 1. The topological polar surface area (TPSA) is 49.9 Å². The number of nitrogens with zero attached hydrogens (tertiary/aromatic N) is 2. The first-order valence-electron chi connectivity index (χ1n) is 9.22. The minimum absolute atomic E-state index is 0.142. The van der Waals surface area contributed by atoms with Gasteiger partial charge in [0.25, 0.3) is 11.8 Å². The maximum absolute atomic E-state index is 13.0. The van der Waals surface area contributed by atoms with Gasteiger partial charge < -0.3 is 9.64 Å². The number of hydrogen-bond donors (Lipinski definition) is 0. The van der Waals surface area contributed by atoms with Crippen LogP contribution in [-0.4, -0.2) is 54.0 Å². The average molecular weight is 377 g/mol. The molecule has 0 aliphatic carbocycles. The van der Waals surface area contributed by atoms with Crippen LogP contribution >= 0.6 is 11.6 Å². The molecule has 0 bridgehead atoms. The van der Waals surface area contributed by atoms with Crippen molar-refractivity contribution < 1.29 is 14.3 Å². The number of carbonyl (C=O) groups excluding carboxylic acids is 2. The molecular formula is C20H25ClN2O3. The molecule has 0 aromatic heterocycles. The molecule has 1 saturated heterocycles. The maximum Gasteiger partial charge on any atom is 0.277 e. The van der Waals surface area contributed by atoms with Gasteiger partial charge >= 0.3 is 0 Å². The minimum atomic E-state index is -0.219. The number of likely N-dealkylation sites (tertiary alicyclic amines) is 1. The van der Waals surface area contributed by atoms with Crippen LogP contribution < -0.4 is 0 Å². The predicted molar refractivity (Wildman–Crippen MR) is 102 cm³/mol. The summed E-state index contributed by atoms with van der Waals surface area (Å²) in [6, 6.07) is 7.12. The fourth-order valence-corrected chi connectivity index (χ4v) is 3.54. The van der Waals surface area contributed by atoms with Crippen LogP contribution in [0.1, 0.15) is 38.7 Å². The van der Waals surface area contributed by atoms with Crippen molar-refractivity contribution in [3.8, 4) is 0 Å². The van der Waals surface area contributed by atoms with E-state index in [4.69, 9.17) is 16.3 Å². The molecule has 2 aliphatic rings. The highest BCUT2D eigenvalue weighted by Crippen LogP contribution is 2.33. The number of hydrogen-bond acceptors (Lipinski definition) is 4. The summed E-state index contributed by atoms with van der Waals surface area (Å²) >= 11 is 5.98. The highest BCUT2D eigenvalue weighted by atomic mass is 35.5. The summed E-state index contributed by atoms with van der Waals surface area (Å²) in [7, 11) is 0. The smallest absolute Gasteiger partial charge is 0.277 e. The highest BCUT2D eigenvalue weighted by Gasteiger charge is 2.41. The molecule has 0 saturated carbocycles. The van der Waals surface area contributed by atoms with Crippen molar-refractivity contribution in [2.24, 2.45) is 0 Å². The zero-order chi connectivity index (χ0) is 18.7. The van der Waals surface area contributed by atoms with E-state index in [-0.39, 0.29) is 17.9 Å².